The minimum atomic E-state index is -3.71. The maximum Gasteiger partial charge on any atom is 0.241 e. The maximum absolute atomic E-state index is 13.0. The van der Waals surface area contributed by atoms with E-state index < -0.39 is 15.8 Å². The van der Waals surface area contributed by atoms with Crippen LogP contribution in [0.4, 0.5) is 4.39 Å². The fraction of sp³-hybridized carbons (Fsp3) is 0.500. The first-order valence-electron chi connectivity index (χ1n) is 5.93. The molecular weight excluding hydrogens is 335 g/mol. The number of rotatable bonds is 6. The van der Waals surface area contributed by atoms with Crippen LogP contribution in [0.3, 0.4) is 0 Å². The summed E-state index contributed by atoms with van der Waals surface area (Å²) in [5, 5.41) is 0. The summed E-state index contributed by atoms with van der Waals surface area (Å²) in [4.78, 5) is 0.0103. The fourth-order valence-electron chi connectivity index (χ4n) is 1.74. The van der Waals surface area contributed by atoms with E-state index in [-0.39, 0.29) is 22.0 Å². The van der Waals surface area contributed by atoms with E-state index in [0.717, 1.165) is 12.1 Å². The van der Waals surface area contributed by atoms with Gasteiger partial charge in [0.1, 0.15) is 5.82 Å². The first kappa shape index (κ1) is 16.6. The Balaban J connectivity index is 2.97. The molecule has 0 radical (unpaired) electrons. The number of hydrogen-bond acceptors (Lipinski definition) is 3. The number of nitrogens with two attached hydrogens (primary N) is 1. The SMILES string of the molecule is CC(C)CC(CN)NS(=O)(=O)c1ccc(F)cc1Br. The van der Waals surface area contributed by atoms with Gasteiger partial charge in [-0.15, -0.1) is 0 Å². The van der Waals surface area contributed by atoms with Crippen LogP contribution in [0.2, 0.25) is 0 Å². The van der Waals surface area contributed by atoms with Gasteiger partial charge in [-0.1, -0.05) is 13.8 Å². The normalized spacial score (nSPS) is 13.8. The minimum Gasteiger partial charge on any atom is -0.329 e. The molecule has 0 aliphatic rings. The molecule has 0 aliphatic carbocycles. The Kier molecular flexibility index (Phi) is 5.91. The third-order valence-corrected chi connectivity index (χ3v) is 5.04. The van der Waals surface area contributed by atoms with Crippen molar-refractivity contribution in [2.75, 3.05) is 6.54 Å². The summed E-state index contributed by atoms with van der Waals surface area (Å²) in [7, 11) is -3.71. The molecule has 0 saturated carbocycles. The Morgan fingerprint density at radius 1 is 1.42 bits per heavy atom. The van der Waals surface area contributed by atoms with E-state index in [9.17, 15) is 12.8 Å². The van der Waals surface area contributed by atoms with Gasteiger partial charge in [0.2, 0.25) is 10.0 Å². The van der Waals surface area contributed by atoms with Crippen LogP contribution in [-0.2, 0) is 10.0 Å². The summed E-state index contributed by atoms with van der Waals surface area (Å²) < 4.78 is 40.1. The van der Waals surface area contributed by atoms with Gasteiger partial charge in [-0.3, -0.25) is 0 Å². The monoisotopic (exact) mass is 352 g/mol. The number of hydrogen-bond donors (Lipinski definition) is 2. The van der Waals surface area contributed by atoms with Crippen molar-refractivity contribution in [3.05, 3.63) is 28.5 Å². The zero-order chi connectivity index (χ0) is 14.6. The van der Waals surface area contributed by atoms with Crippen molar-refractivity contribution in [3.8, 4) is 0 Å². The smallest absolute Gasteiger partial charge is 0.241 e. The molecule has 7 heteroatoms. The standard InChI is InChI=1S/C12H18BrFN2O2S/c1-8(2)5-10(7-15)16-19(17,18)12-4-3-9(14)6-11(12)13/h3-4,6,8,10,16H,5,7,15H2,1-2H3. The van der Waals surface area contributed by atoms with E-state index in [1.165, 1.54) is 6.07 Å². The molecule has 4 nitrogen and oxygen atoms in total. The van der Waals surface area contributed by atoms with Crippen molar-refractivity contribution in [1.82, 2.24) is 4.72 Å². The van der Waals surface area contributed by atoms with Crippen molar-refractivity contribution >= 4 is 26.0 Å². The highest BCUT2D eigenvalue weighted by molar-refractivity contribution is 9.10. The molecule has 108 valence electrons. The lowest BCUT2D eigenvalue weighted by molar-refractivity contribution is 0.465. The van der Waals surface area contributed by atoms with E-state index in [4.69, 9.17) is 5.73 Å². The van der Waals surface area contributed by atoms with Crippen molar-refractivity contribution in [2.24, 2.45) is 11.7 Å². The highest BCUT2D eigenvalue weighted by atomic mass is 79.9. The number of nitrogens with one attached hydrogen (secondary N) is 1. The molecule has 1 aromatic carbocycles. The average Bonchev–Trinajstić information content (AvgIpc) is 2.26. The van der Waals surface area contributed by atoms with Gasteiger partial charge in [-0.25, -0.2) is 17.5 Å². The number of sulfonamides is 1. The summed E-state index contributed by atoms with van der Waals surface area (Å²) in [6, 6.07) is 3.13. The molecule has 0 saturated heterocycles. The lowest BCUT2D eigenvalue weighted by atomic mass is 10.1. The third-order valence-electron chi connectivity index (χ3n) is 2.55. The van der Waals surface area contributed by atoms with Gasteiger partial charge in [-0.2, -0.15) is 0 Å². The summed E-state index contributed by atoms with van der Waals surface area (Å²) >= 11 is 3.06. The second-order valence-electron chi connectivity index (χ2n) is 4.76. The molecular formula is C12H18BrFN2O2S. The minimum absolute atomic E-state index is 0.0103. The summed E-state index contributed by atoms with van der Waals surface area (Å²) in [6.07, 6.45) is 0.647. The van der Waals surface area contributed by atoms with E-state index in [0.29, 0.717) is 12.3 Å². The van der Waals surface area contributed by atoms with Crippen molar-refractivity contribution in [3.63, 3.8) is 0 Å². The molecule has 0 aromatic heterocycles. The first-order chi connectivity index (χ1) is 8.76. The predicted octanol–water partition coefficient (Wildman–Crippen LogP) is 2.24. The fourth-order valence-corrected chi connectivity index (χ4v) is 4.05. The van der Waals surface area contributed by atoms with Crippen LogP contribution in [0.5, 0.6) is 0 Å². The van der Waals surface area contributed by atoms with Crippen LogP contribution in [0.15, 0.2) is 27.6 Å². The molecule has 0 spiro atoms. The molecule has 19 heavy (non-hydrogen) atoms. The van der Waals surface area contributed by atoms with Crippen molar-refractivity contribution in [1.29, 1.82) is 0 Å². The van der Waals surface area contributed by atoms with Gasteiger partial charge in [-0.05, 0) is 46.5 Å². The molecule has 0 heterocycles. The van der Waals surface area contributed by atoms with Gasteiger partial charge >= 0.3 is 0 Å². The highest BCUT2D eigenvalue weighted by Gasteiger charge is 2.22. The van der Waals surface area contributed by atoms with Crippen LogP contribution in [0.1, 0.15) is 20.3 Å². The Hall–Kier alpha value is -0.500. The van der Waals surface area contributed by atoms with Gasteiger partial charge in [0.15, 0.2) is 0 Å². The average molecular weight is 353 g/mol. The summed E-state index contributed by atoms with van der Waals surface area (Å²) in [5.41, 5.74) is 5.57. The van der Waals surface area contributed by atoms with E-state index >= 15 is 0 Å². The maximum atomic E-state index is 13.0. The Labute approximate surface area is 121 Å². The molecule has 1 atom stereocenters. The molecule has 0 aliphatic heterocycles. The number of benzene rings is 1. The number of halogens is 2. The highest BCUT2D eigenvalue weighted by Crippen LogP contribution is 2.23. The van der Waals surface area contributed by atoms with Gasteiger partial charge < -0.3 is 5.73 Å². The largest absolute Gasteiger partial charge is 0.329 e. The second kappa shape index (κ2) is 6.78. The van der Waals surface area contributed by atoms with Crippen LogP contribution < -0.4 is 10.5 Å². The zero-order valence-electron chi connectivity index (χ0n) is 10.9. The summed E-state index contributed by atoms with van der Waals surface area (Å²) in [6.45, 7) is 4.20. The van der Waals surface area contributed by atoms with Gasteiger partial charge in [0.25, 0.3) is 0 Å². The molecule has 1 aromatic rings. The third kappa shape index (κ3) is 4.83. The molecule has 0 bridgehead atoms. The Morgan fingerprint density at radius 2 is 2.05 bits per heavy atom. The molecule has 1 unspecified atom stereocenters. The molecule has 0 amide bonds. The molecule has 3 N–H and O–H groups in total. The van der Waals surface area contributed by atoms with E-state index in [1.807, 2.05) is 13.8 Å². The first-order valence-corrected chi connectivity index (χ1v) is 8.21. The van der Waals surface area contributed by atoms with Crippen molar-refractivity contribution in [2.45, 2.75) is 31.2 Å². The Morgan fingerprint density at radius 3 is 2.53 bits per heavy atom. The lowest BCUT2D eigenvalue weighted by Gasteiger charge is -2.19. The van der Waals surface area contributed by atoms with Crippen molar-refractivity contribution < 1.29 is 12.8 Å². The zero-order valence-corrected chi connectivity index (χ0v) is 13.3. The van der Waals surface area contributed by atoms with Crippen LogP contribution in [0.25, 0.3) is 0 Å². The van der Waals surface area contributed by atoms with Crippen LogP contribution >= 0.6 is 15.9 Å². The lowest BCUT2D eigenvalue weighted by Crippen LogP contribution is -2.41. The molecule has 1 rings (SSSR count). The van der Waals surface area contributed by atoms with Gasteiger partial charge in [0.05, 0.1) is 4.90 Å². The summed E-state index contributed by atoms with van der Waals surface area (Å²) in [5.74, 6) is -0.170. The van der Waals surface area contributed by atoms with Gasteiger partial charge in [0, 0.05) is 17.1 Å². The van der Waals surface area contributed by atoms with E-state index in [2.05, 4.69) is 20.7 Å². The van der Waals surface area contributed by atoms with Crippen LogP contribution in [-0.4, -0.2) is 21.0 Å². The second-order valence-corrected chi connectivity index (χ2v) is 7.29. The van der Waals surface area contributed by atoms with E-state index in [1.54, 1.807) is 0 Å². The molecule has 0 fully saturated rings. The quantitative estimate of drug-likeness (QED) is 0.824. The van der Waals surface area contributed by atoms with Crippen LogP contribution in [0, 0.1) is 11.7 Å². The topological polar surface area (TPSA) is 72.2 Å². The Bertz CT molecular complexity index is 535. The predicted molar refractivity (Wildman–Crippen MR) is 76.7 cm³/mol.